The van der Waals surface area contributed by atoms with Gasteiger partial charge < -0.3 is 9.30 Å². The molecule has 1 fully saturated rings. The van der Waals surface area contributed by atoms with Crippen LogP contribution in [0.5, 0.6) is 5.75 Å². The fourth-order valence-corrected chi connectivity index (χ4v) is 4.65. The van der Waals surface area contributed by atoms with Crippen LogP contribution in [0.2, 0.25) is 15.1 Å². The number of nitrogens with zero attached hydrogens (tertiary/aromatic N) is 2. The van der Waals surface area contributed by atoms with E-state index in [0.29, 0.717) is 46.0 Å². The molecule has 0 radical (unpaired) electrons. The smallest absolute Gasteiger partial charge is 0.165 e. The normalized spacial score (nSPS) is 15.0. The highest BCUT2D eigenvalue weighted by molar-refractivity contribution is 6.51. The van der Waals surface area contributed by atoms with Crippen LogP contribution < -0.4 is 4.74 Å². The zero-order valence-electron chi connectivity index (χ0n) is 17.6. The van der Waals surface area contributed by atoms with Crippen LogP contribution >= 0.6 is 34.8 Å². The fourth-order valence-electron chi connectivity index (χ4n) is 3.94. The van der Waals surface area contributed by atoms with Crippen molar-refractivity contribution in [2.24, 2.45) is 5.41 Å². The summed E-state index contributed by atoms with van der Waals surface area (Å²) in [6.45, 7) is 6.29. The predicted molar refractivity (Wildman–Crippen MR) is 121 cm³/mol. The van der Waals surface area contributed by atoms with Gasteiger partial charge >= 0.3 is 0 Å². The number of methoxy groups -OCH3 is 1. The summed E-state index contributed by atoms with van der Waals surface area (Å²) in [7, 11) is 1.59. The van der Waals surface area contributed by atoms with Gasteiger partial charge in [0.1, 0.15) is 27.7 Å². The van der Waals surface area contributed by atoms with Crippen molar-refractivity contribution >= 4 is 51.6 Å². The lowest BCUT2D eigenvalue weighted by Gasteiger charge is -2.29. The van der Waals surface area contributed by atoms with Crippen molar-refractivity contribution in [1.82, 2.24) is 9.55 Å². The number of ketones is 1. The van der Waals surface area contributed by atoms with Gasteiger partial charge in [-0.3, -0.25) is 4.79 Å². The number of imidazole rings is 1. The Labute approximate surface area is 187 Å². The van der Waals surface area contributed by atoms with Gasteiger partial charge in [-0.2, -0.15) is 0 Å². The molecule has 160 valence electrons. The molecule has 1 aliphatic carbocycles. The number of unbranched alkanes of at least 4 members (excludes halogenated alkanes) is 1. The first kappa shape index (κ1) is 22.7. The molecular formula is C22H29Cl3N2O2. The Hall–Kier alpha value is -0.970. The number of carbonyl (C=O) groups is 1. The number of carbonyl (C=O) groups excluding carboxylic acids is 1. The molecule has 1 heterocycles. The summed E-state index contributed by atoms with van der Waals surface area (Å²) in [5.74, 6) is 1.82. The molecule has 4 nitrogen and oxygen atoms in total. The Morgan fingerprint density at radius 3 is 2.38 bits per heavy atom. The number of rotatable bonds is 8. The Morgan fingerprint density at radius 1 is 1.14 bits per heavy atom. The van der Waals surface area contributed by atoms with E-state index in [2.05, 4.69) is 25.3 Å². The van der Waals surface area contributed by atoms with Crippen molar-refractivity contribution in [2.45, 2.75) is 78.2 Å². The standard InChI is InChI=1S/C22H29Cl3N2O2/c1-22(2,3)12-14(28)10-5-6-11-15-26-19-17(24)16(23)18(25)21(29-4)20(19)27(15)13-8-7-9-13/h13H,5-12H2,1-4H3. The second-order valence-electron chi connectivity index (χ2n) is 9.14. The molecule has 0 bridgehead atoms. The van der Waals surface area contributed by atoms with Crippen molar-refractivity contribution in [2.75, 3.05) is 7.11 Å². The summed E-state index contributed by atoms with van der Waals surface area (Å²) in [5, 5.41) is 0.967. The van der Waals surface area contributed by atoms with Gasteiger partial charge in [0.15, 0.2) is 5.75 Å². The van der Waals surface area contributed by atoms with Crippen molar-refractivity contribution in [3.8, 4) is 5.75 Å². The third kappa shape index (κ3) is 4.86. The van der Waals surface area contributed by atoms with Crippen molar-refractivity contribution in [3.63, 3.8) is 0 Å². The number of aryl methyl sites for hydroxylation is 1. The third-order valence-electron chi connectivity index (χ3n) is 5.47. The van der Waals surface area contributed by atoms with Crippen LogP contribution in [-0.4, -0.2) is 22.4 Å². The van der Waals surface area contributed by atoms with E-state index in [-0.39, 0.29) is 10.4 Å². The number of hydrogen-bond donors (Lipinski definition) is 0. The van der Waals surface area contributed by atoms with Crippen LogP contribution in [0.25, 0.3) is 11.0 Å². The average Bonchev–Trinajstić information content (AvgIpc) is 2.94. The molecule has 0 unspecified atom stereocenters. The topological polar surface area (TPSA) is 44.1 Å². The summed E-state index contributed by atoms with van der Waals surface area (Å²) in [6, 6.07) is 0.375. The highest BCUT2D eigenvalue weighted by atomic mass is 35.5. The van der Waals surface area contributed by atoms with Crippen molar-refractivity contribution in [3.05, 3.63) is 20.9 Å². The lowest BCUT2D eigenvalue weighted by molar-refractivity contribution is -0.120. The molecule has 2 aromatic rings. The summed E-state index contributed by atoms with van der Waals surface area (Å²) in [4.78, 5) is 17.0. The molecule has 3 rings (SSSR count). The Bertz CT molecular complexity index is 911. The van der Waals surface area contributed by atoms with Gasteiger partial charge in [0, 0.05) is 25.3 Å². The summed E-state index contributed by atoms with van der Waals surface area (Å²) < 4.78 is 7.83. The number of Topliss-reactive ketones (excluding diaryl/α,β-unsaturated/α-hetero) is 1. The van der Waals surface area contributed by atoms with Crippen LogP contribution in [0, 0.1) is 5.41 Å². The van der Waals surface area contributed by atoms with E-state index in [0.717, 1.165) is 43.4 Å². The van der Waals surface area contributed by atoms with Gasteiger partial charge in [-0.15, -0.1) is 0 Å². The number of halogens is 3. The van der Waals surface area contributed by atoms with Crippen LogP contribution in [0.3, 0.4) is 0 Å². The highest BCUT2D eigenvalue weighted by Crippen LogP contribution is 2.47. The summed E-state index contributed by atoms with van der Waals surface area (Å²) in [5.41, 5.74) is 1.51. The maximum atomic E-state index is 12.2. The Morgan fingerprint density at radius 2 is 1.83 bits per heavy atom. The molecule has 1 aromatic carbocycles. The predicted octanol–water partition coefficient (Wildman–Crippen LogP) is 7.45. The van der Waals surface area contributed by atoms with E-state index in [1.807, 2.05) is 0 Å². The van der Waals surface area contributed by atoms with Gasteiger partial charge in [0.25, 0.3) is 0 Å². The first-order chi connectivity index (χ1) is 13.6. The second kappa shape index (κ2) is 9.03. The molecule has 0 saturated heterocycles. The molecule has 0 spiro atoms. The number of ether oxygens (including phenoxy) is 1. The molecule has 29 heavy (non-hydrogen) atoms. The lowest BCUT2D eigenvalue weighted by Crippen LogP contribution is -2.19. The Balaban J connectivity index is 1.84. The first-order valence-corrected chi connectivity index (χ1v) is 11.4. The van der Waals surface area contributed by atoms with Crippen LogP contribution in [-0.2, 0) is 11.2 Å². The lowest BCUT2D eigenvalue weighted by atomic mass is 9.88. The van der Waals surface area contributed by atoms with Crippen LogP contribution in [0.1, 0.15) is 77.6 Å². The van der Waals surface area contributed by atoms with E-state index in [1.54, 1.807) is 7.11 Å². The van der Waals surface area contributed by atoms with Crippen LogP contribution in [0.15, 0.2) is 0 Å². The van der Waals surface area contributed by atoms with E-state index < -0.39 is 0 Å². The number of hydrogen-bond acceptors (Lipinski definition) is 3. The zero-order chi connectivity index (χ0) is 21.3. The quantitative estimate of drug-likeness (QED) is 0.304. The largest absolute Gasteiger partial charge is 0.493 e. The van der Waals surface area contributed by atoms with Crippen LogP contribution in [0.4, 0.5) is 0 Å². The van der Waals surface area contributed by atoms with E-state index in [4.69, 9.17) is 44.5 Å². The second-order valence-corrected chi connectivity index (χ2v) is 10.3. The maximum absolute atomic E-state index is 12.2. The van der Waals surface area contributed by atoms with Gasteiger partial charge in [-0.25, -0.2) is 4.98 Å². The molecule has 0 atom stereocenters. The molecule has 1 aromatic heterocycles. The molecule has 1 saturated carbocycles. The molecule has 0 N–H and O–H groups in total. The number of fused-ring (bicyclic) bond motifs is 1. The SMILES string of the molecule is COc1c(Cl)c(Cl)c(Cl)c2nc(CCCCC(=O)CC(C)(C)C)n(C3CCC3)c12. The monoisotopic (exact) mass is 458 g/mol. The minimum Gasteiger partial charge on any atom is -0.493 e. The van der Waals surface area contributed by atoms with E-state index in [1.165, 1.54) is 6.42 Å². The number of aromatic nitrogens is 2. The molecular weight excluding hydrogens is 431 g/mol. The molecule has 0 amide bonds. The first-order valence-electron chi connectivity index (χ1n) is 10.3. The van der Waals surface area contributed by atoms with Crippen molar-refractivity contribution in [1.29, 1.82) is 0 Å². The van der Waals surface area contributed by atoms with Gasteiger partial charge in [-0.05, 0) is 37.5 Å². The highest BCUT2D eigenvalue weighted by Gasteiger charge is 2.29. The number of benzene rings is 1. The zero-order valence-corrected chi connectivity index (χ0v) is 19.8. The van der Waals surface area contributed by atoms with E-state index >= 15 is 0 Å². The average molecular weight is 460 g/mol. The third-order valence-corrected chi connectivity index (χ3v) is 6.77. The molecule has 0 aliphatic heterocycles. The minimum absolute atomic E-state index is 0.0428. The van der Waals surface area contributed by atoms with Crippen molar-refractivity contribution < 1.29 is 9.53 Å². The van der Waals surface area contributed by atoms with Gasteiger partial charge in [0.2, 0.25) is 0 Å². The Kier molecular flexibility index (Phi) is 7.07. The molecule has 7 heteroatoms. The van der Waals surface area contributed by atoms with Gasteiger partial charge in [0.05, 0.1) is 17.2 Å². The van der Waals surface area contributed by atoms with E-state index in [9.17, 15) is 4.79 Å². The maximum Gasteiger partial charge on any atom is 0.165 e. The van der Waals surface area contributed by atoms with Gasteiger partial charge in [-0.1, -0.05) is 55.6 Å². The molecule has 1 aliphatic rings. The minimum atomic E-state index is 0.0428. The summed E-state index contributed by atoms with van der Waals surface area (Å²) in [6.07, 6.45) is 7.17. The summed E-state index contributed by atoms with van der Waals surface area (Å²) >= 11 is 19.2. The fraction of sp³-hybridized carbons (Fsp3) is 0.636.